The van der Waals surface area contributed by atoms with Crippen LogP contribution in [-0.2, 0) is 6.54 Å². The van der Waals surface area contributed by atoms with Crippen molar-refractivity contribution in [3.63, 3.8) is 0 Å². The van der Waals surface area contributed by atoms with Crippen LogP contribution in [0.15, 0.2) is 59.4 Å². The van der Waals surface area contributed by atoms with E-state index < -0.39 is 0 Å². The lowest BCUT2D eigenvalue weighted by molar-refractivity contribution is 0.314. The molecule has 0 radical (unpaired) electrons. The molecule has 5 heteroatoms. The highest BCUT2D eigenvalue weighted by molar-refractivity contribution is 7.71. The number of H-pyrrole nitrogens is 1. The standard InChI is InChI=1S/C19H19N3OS/c23-18-16-8-4-5-9-17(16)20-19(24)22(18)15-10-11-21(13-15)12-14-6-2-1-3-7-14/h1-9,15H,10-13H2,(H,20,24)/t15-/m0/s1. The van der Waals surface area contributed by atoms with Crippen LogP contribution in [0, 0.1) is 4.77 Å². The highest BCUT2D eigenvalue weighted by Crippen LogP contribution is 2.23. The highest BCUT2D eigenvalue weighted by Gasteiger charge is 2.25. The molecule has 24 heavy (non-hydrogen) atoms. The summed E-state index contributed by atoms with van der Waals surface area (Å²) in [5.41, 5.74) is 2.12. The van der Waals surface area contributed by atoms with E-state index in [0.29, 0.717) is 10.2 Å². The normalized spacial score (nSPS) is 18.2. The average Bonchev–Trinajstić information content (AvgIpc) is 3.04. The number of fused-ring (bicyclic) bond motifs is 1. The van der Waals surface area contributed by atoms with Crippen molar-refractivity contribution < 1.29 is 0 Å². The van der Waals surface area contributed by atoms with Gasteiger partial charge in [0, 0.05) is 19.6 Å². The van der Waals surface area contributed by atoms with Gasteiger partial charge in [0.15, 0.2) is 4.77 Å². The van der Waals surface area contributed by atoms with Gasteiger partial charge in [-0.3, -0.25) is 14.3 Å². The molecule has 1 fully saturated rings. The Morgan fingerprint density at radius 1 is 1.08 bits per heavy atom. The first-order valence-corrected chi connectivity index (χ1v) is 8.63. The second-order valence-electron chi connectivity index (χ2n) is 6.31. The Hall–Kier alpha value is -2.24. The number of aromatic amines is 1. The first-order valence-electron chi connectivity index (χ1n) is 8.22. The van der Waals surface area contributed by atoms with Crippen LogP contribution in [0.2, 0.25) is 0 Å². The highest BCUT2D eigenvalue weighted by atomic mass is 32.1. The largest absolute Gasteiger partial charge is 0.332 e. The number of benzene rings is 2. The van der Waals surface area contributed by atoms with Crippen LogP contribution in [0.25, 0.3) is 10.9 Å². The van der Waals surface area contributed by atoms with E-state index in [-0.39, 0.29) is 11.6 Å². The second-order valence-corrected chi connectivity index (χ2v) is 6.70. The molecule has 0 bridgehead atoms. The average molecular weight is 337 g/mol. The van der Waals surface area contributed by atoms with Crippen LogP contribution in [0.4, 0.5) is 0 Å². The summed E-state index contributed by atoms with van der Waals surface area (Å²) in [6.07, 6.45) is 0.947. The number of rotatable bonds is 3. The van der Waals surface area contributed by atoms with Crippen LogP contribution in [0.3, 0.4) is 0 Å². The van der Waals surface area contributed by atoms with Crippen LogP contribution in [0.1, 0.15) is 18.0 Å². The van der Waals surface area contributed by atoms with E-state index in [1.54, 1.807) is 4.57 Å². The van der Waals surface area contributed by atoms with E-state index in [1.807, 2.05) is 30.3 Å². The molecule has 1 N–H and O–H groups in total. The molecule has 2 aromatic carbocycles. The number of para-hydroxylation sites is 1. The third-order valence-electron chi connectivity index (χ3n) is 4.70. The lowest BCUT2D eigenvalue weighted by Gasteiger charge is -2.18. The summed E-state index contributed by atoms with van der Waals surface area (Å²) >= 11 is 5.46. The predicted molar refractivity (Wildman–Crippen MR) is 98.8 cm³/mol. The molecule has 4 nitrogen and oxygen atoms in total. The van der Waals surface area contributed by atoms with Gasteiger partial charge in [-0.05, 0) is 36.3 Å². The minimum atomic E-state index is 0.0147. The molecule has 1 aromatic heterocycles. The third-order valence-corrected chi connectivity index (χ3v) is 5.00. The molecule has 1 aliphatic heterocycles. The van der Waals surface area contributed by atoms with Gasteiger partial charge in [-0.25, -0.2) is 0 Å². The molecule has 1 saturated heterocycles. The molecular formula is C19H19N3OS. The molecule has 4 rings (SSSR count). The number of aromatic nitrogens is 2. The summed E-state index contributed by atoms with van der Waals surface area (Å²) in [7, 11) is 0. The van der Waals surface area contributed by atoms with E-state index in [4.69, 9.17) is 12.2 Å². The van der Waals surface area contributed by atoms with Crippen LogP contribution in [0.5, 0.6) is 0 Å². The molecule has 1 aliphatic rings. The van der Waals surface area contributed by atoms with Gasteiger partial charge in [-0.2, -0.15) is 0 Å². The van der Waals surface area contributed by atoms with Gasteiger partial charge in [0.1, 0.15) is 0 Å². The number of nitrogens with zero attached hydrogens (tertiary/aromatic N) is 2. The Morgan fingerprint density at radius 2 is 1.83 bits per heavy atom. The van der Waals surface area contributed by atoms with Crippen molar-refractivity contribution >= 4 is 23.1 Å². The smallest absolute Gasteiger partial charge is 0.262 e. The zero-order chi connectivity index (χ0) is 16.5. The maximum atomic E-state index is 12.9. The van der Waals surface area contributed by atoms with Gasteiger partial charge in [0.2, 0.25) is 0 Å². The number of nitrogens with one attached hydrogen (secondary N) is 1. The minimum Gasteiger partial charge on any atom is -0.332 e. The fourth-order valence-corrected chi connectivity index (χ4v) is 3.86. The van der Waals surface area contributed by atoms with Crippen molar-refractivity contribution in [2.45, 2.75) is 19.0 Å². The third kappa shape index (κ3) is 2.81. The fraction of sp³-hybridized carbons (Fsp3) is 0.263. The lowest BCUT2D eigenvalue weighted by Crippen LogP contribution is -2.29. The maximum Gasteiger partial charge on any atom is 0.262 e. The van der Waals surface area contributed by atoms with Gasteiger partial charge in [-0.1, -0.05) is 42.5 Å². The summed E-state index contributed by atoms with van der Waals surface area (Å²) in [5, 5.41) is 0.701. The summed E-state index contributed by atoms with van der Waals surface area (Å²) < 4.78 is 2.29. The van der Waals surface area contributed by atoms with Crippen LogP contribution >= 0.6 is 12.2 Å². The number of hydrogen-bond donors (Lipinski definition) is 1. The fourth-order valence-electron chi connectivity index (χ4n) is 3.52. The molecular weight excluding hydrogens is 318 g/mol. The molecule has 0 spiro atoms. The van der Waals surface area contributed by atoms with Gasteiger partial charge in [0.25, 0.3) is 5.56 Å². The van der Waals surface area contributed by atoms with Gasteiger partial charge < -0.3 is 4.98 Å². The van der Waals surface area contributed by atoms with Crippen molar-refractivity contribution in [2.24, 2.45) is 0 Å². The molecule has 122 valence electrons. The molecule has 0 saturated carbocycles. The SMILES string of the molecule is O=c1c2ccccc2[nH]c(=S)n1[C@H]1CCN(Cc2ccccc2)C1. The predicted octanol–water partition coefficient (Wildman–Crippen LogP) is 3.51. The zero-order valence-electron chi connectivity index (χ0n) is 13.3. The van der Waals surface area contributed by atoms with Gasteiger partial charge in [0.05, 0.1) is 16.9 Å². The zero-order valence-corrected chi connectivity index (χ0v) is 14.1. The van der Waals surface area contributed by atoms with Crippen LogP contribution < -0.4 is 5.56 Å². The topological polar surface area (TPSA) is 41.0 Å². The van der Waals surface area contributed by atoms with E-state index in [1.165, 1.54) is 5.56 Å². The summed E-state index contributed by atoms with van der Waals surface area (Å²) in [6, 6.07) is 18.1. The molecule has 0 amide bonds. The van der Waals surface area contributed by atoms with Crippen molar-refractivity contribution in [2.75, 3.05) is 13.1 Å². The monoisotopic (exact) mass is 337 g/mol. The van der Waals surface area contributed by atoms with E-state index in [0.717, 1.165) is 31.6 Å². The quantitative estimate of drug-likeness (QED) is 0.744. The first kappa shape index (κ1) is 15.3. The van der Waals surface area contributed by atoms with Gasteiger partial charge >= 0.3 is 0 Å². The molecule has 2 heterocycles. The number of likely N-dealkylation sites (tertiary alicyclic amines) is 1. The van der Waals surface area contributed by atoms with E-state index in [9.17, 15) is 4.79 Å². The van der Waals surface area contributed by atoms with E-state index >= 15 is 0 Å². The van der Waals surface area contributed by atoms with Gasteiger partial charge in [-0.15, -0.1) is 0 Å². The Bertz CT molecular complexity index is 977. The van der Waals surface area contributed by atoms with Crippen molar-refractivity contribution in [1.29, 1.82) is 0 Å². The Morgan fingerprint density at radius 3 is 2.67 bits per heavy atom. The van der Waals surface area contributed by atoms with Crippen molar-refractivity contribution in [3.8, 4) is 0 Å². The first-order chi connectivity index (χ1) is 11.7. The number of hydrogen-bond acceptors (Lipinski definition) is 3. The maximum absolute atomic E-state index is 12.9. The van der Waals surface area contributed by atoms with Crippen LogP contribution in [-0.4, -0.2) is 27.5 Å². The molecule has 1 atom stereocenters. The Labute approximate surface area is 145 Å². The Kier molecular flexibility index (Phi) is 4.04. The van der Waals surface area contributed by atoms with Crippen molar-refractivity contribution in [1.82, 2.24) is 14.5 Å². The Balaban J connectivity index is 1.62. The molecule has 3 aromatic rings. The summed E-state index contributed by atoms with van der Waals surface area (Å²) in [5.74, 6) is 0. The summed E-state index contributed by atoms with van der Waals surface area (Å²) in [6.45, 7) is 2.74. The van der Waals surface area contributed by atoms with Crippen molar-refractivity contribution in [3.05, 3.63) is 75.3 Å². The summed E-state index contributed by atoms with van der Waals surface area (Å²) in [4.78, 5) is 18.4. The minimum absolute atomic E-state index is 0.0147. The lowest BCUT2D eigenvalue weighted by atomic mass is 10.2. The second kappa shape index (κ2) is 6.34. The molecule has 0 aliphatic carbocycles. The van der Waals surface area contributed by atoms with E-state index in [2.05, 4.69) is 34.1 Å². The molecule has 0 unspecified atom stereocenters.